The van der Waals surface area contributed by atoms with Gasteiger partial charge in [0.15, 0.2) is 4.32 Å². The predicted molar refractivity (Wildman–Crippen MR) is 111 cm³/mol. The van der Waals surface area contributed by atoms with E-state index in [-0.39, 0.29) is 14.6 Å². The number of carbonyl (C=O) groups excluding carboxylic acids is 1. The molecule has 0 bridgehead atoms. The van der Waals surface area contributed by atoms with E-state index in [4.69, 9.17) is 22.2 Å². The molecule has 1 aliphatic heterocycles. The summed E-state index contributed by atoms with van der Waals surface area (Å²) in [7, 11) is -2.41. The van der Waals surface area contributed by atoms with E-state index >= 15 is 0 Å². The van der Waals surface area contributed by atoms with Crippen LogP contribution >= 0.6 is 22.5 Å². The summed E-state index contributed by atoms with van der Waals surface area (Å²) in [5.74, 6) is 6.11. The molecule has 4 nitrogen and oxygen atoms in total. The van der Waals surface area contributed by atoms with Gasteiger partial charge < -0.3 is 4.18 Å². The zero-order chi connectivity index (χ0) is 19.1. The van der Waals surface area contributed by atoms with Gasteiger partial charge in [-0.3, -0.25) is 4.79 Å². The Morgan fingerprint density at radius 3 is 2.12 bits per heavy atom. The lowest BCUT2D eigenvalue weighted by molar-refractivity contribution is -0.122. The fourth-order valence-corrected chi connectivity index (χ4v) is 6.11. The summed E-state index contributed by atoms with van der Waals surface area (Å²) in [6, 6.07) is 17.3. The van der Waals surface area contributed by atoms with Gasteiger partial charge in [0, 0.05) is 15.2 Å². The number of rotatable bonds is 3. The fraction of sp³-hybridized carbons (Fsp3) is 0.200. The zero-order valence-corrected chi connectivity index (χ0v) is 16.7. The highest BCUT2D eigenvalue weighted by Gasteiger charge is 2.51. The van der Waals surface area contributed by atoms with Crippen LogP contribution in [0.3, 0.4) is 0 Å². The van der Waals surface area contributed by atoms with Gasteiger partial charge in [-0.05, 0) is 47.5 Å². The minimum Gasteiger partial charge on any atom is -0.434 e. The molecule has 136 valence electrons. The lowest BCUT2D eigenvalue weighted by Crippen LogP contribution is -2.36. The maximum Gasteiger partial charge on any atom is 0.281 e. The van der Waals surface area contributed by atoms with Gasteiger partial charge in [0.25, 0.3) is 5.91 Å². The summed E-state index contributed by atoms with van der Waals surface area (Å²) in [6.45, 7) is 10.4. The number of carbonyl (C=O) groups is 1. The van der Waals surface area contributed by atoms with Crippen molar-refractivity contribution in [1.82, 2.24) is 5.01 Å². The third-order valence-electron chi connectivity index (χ3n) is 4.26. The highest BCUT2D eigenvalue weighted by molar-refractivity contribution is 8.50. The van der Waals surface area contributed by atoms with Crippen LogP contribution in [0.4, 0.5) is 0 Å². The van der Waals surface area contributed by atoms with Crippen LogP contribution in [-0.4, -0.2) is 15.2 Å². The molecule has 0 radical (unpaired) electrons. The first-order valence-electron chi connectivity index (χ1n) is 8.18. The van der Waals surface area contributed by atoms with Crippen LogP contribution in [-0.2, 0) is 10.2 Å². The van der Waals surface area contributed by atoms with Crippen molar-refractivity contribution < 1.29 is 8.98 Å². The highest BCUT2D eigenvalue weighted by Crippen LogP contribution is 2.67. The average molecular weight is 387 g/mol. The summed E-state index contributed by atoms with van der Waals surface area (Å²) in [5, 5.41) is 0.976. The number of amides is 1. The molecule has 26 heavy (non-hydrogen) atoms. The molecule has 1 unspecified atom stereocenters. The minimum atomic E-state index is -2.41. The van der Waals surface area contributed by atoms with Gasteiger partial charge >= 0.3 is 0 Å². The van der Waals surface area contributed by atoms with E-state index in [1.165, 1.54) is 5.56 Å². The molecule has 1 aliphatic rings. The summed E-state index contributed by atoms with van der Waals surface area (Å²) in [5.41, 5.74) is 1.23. The molecule has 2 aromatic carbocycles. The molecule has 2 aromatic rings. The monoisotopic (exact) mass is 386 g/mol. The first kappa shape index (κ1) is 18.6. The molecule has 1 saturated heterocycles. The number of hydrogen-bond donors (Lipinski definition) is 1. The van der Waals surface area contributed by atoms with Crippen molar-refractivity contribution in [2.75, 3.05) is 0 Å². The zero-order valence-electron chi connectivity index (χ0n) is 15.1. The second-order valence-electron chi connectivity index (χ2n) is 7.09. The Kier molecular flexibility index (Phi) is 4.69. The lowest BCUT2D eigenvalue weighted by atomic mass is 9.87. The molecular formula is C20H22N2O2S2. The van der Waals surface area contributed by atoms with Crippen LogP contribution in [0.5, 0.6) is 5.75 Å². The molecule has 3 rings (SSSR count). The SMILES string of the molecule is C=C1C(=O)N(N)C(=S)S1(Oc1ccc(C(C)(C)C)cc1)c1ccccc1. The molecule has 1 atom stereocenters. The second-order valence-corrected chi connectivity index (χ2v) is 10.4. The quantitative estimate of drug-likeness (QED) is 0.361. The number of hydrazine groups is 1. The van der Waals surface area contributed by atoms with Crippen molar-refractivity contribution in [3.05, 3.63) is 71.6 Å². The van der Waals surface area contributed by atoms with E-state index in [0.29, 0.717) is 5.75 Å². The van der Waals surface area contributed by atoms with Gasteiger partial charge in [0.1, 0.15) is 5.75 Å². The van der Waals surface area contributed by atoms with Crippen molar-refractivity contribution in [1.29, 1.82) is 0 Å². The molecule has 0 aromatic heterocycles. The third-order valence-corrected chi connectivity index (χ3v) is 8.10. The van der Waals surface area contributed by atoms with Crippen LogP contribution in [0, 0.1) is 0 Å². The second kappa shape index (κ2) is 6.54. The summed E-state index contributed by atoms with van der Waals surface area (Å²) in [4.78, 5) is 13.5. The molecular weight excluding hydrogens is 364 g/mol. The van der Waals surface area contributed by atoms with E-state index in [2.05, 4.69) is 27.4 Å². The average Bonchev–Trinajstić information content (AvgIpc) is 2.78. The van der Waals surface area contributed by atoms with Gasteiger partial charge in [0.05, 0.1) is 4.91 Å². The van der Waals surface area contributed by atoms with Crippen LogP contribution in [0.2, 0.25) is 0 Å². The van der Waals surface area contributed by atoms with E-state index in [0.717, 1.165) is 9.90 Å². The first-order chi connectivity index (χ1) is 12.2. The molecule has 1 heterocycles. The third kappa shape index (κ3) is 2.94. The van der Waals surface area contributed by atoms with Crippen molar-refractivity contribution >= 4 is 32.8 Å². The summed E-state index contributed by atoms with van der Waals surface area (Å²) in [6.07, 6.45) is 0. The molecule has 0 spiro atoms. The number of nitrogens with two attached hydrogens (primary N) is 1. The number of hydrogen-bond acceptors (Lipinski definition) is 4. The molecule has 6 heteroatoms. The van der Waals surface area contributed by atoms with Gasteiger partial charge in [-0.2, -0.15) is 0 Å². The first-order valence-corrected chi connectivity index (χ1v) is 10.1. The van der Waals surface area contributed by atoms with Crippen LogP contribution in [0.1, 0.15) is 26.3 Å². The smallest absolute Gasteiger partial charge is 0.281 e. The Morgan fingerprint density at radius 1 is 1.08 bits per heavy atom. The Morgan fingerprint density at radius 2 is 1.65 bits per heavy atom. The van der Waals surface area contributed by atoms with Crippen LogP contribution in [0.15, 0.2) is 71.0 Å². The molecule has 1 amide bonds. The molecule has 0 saturated carbocycles. The van der Waals surface area contributed by atoms with Crippen molar-refractivity contribution in [3.63, 3.8) is 0 Å². The van der Waals surface area contributed by atoms with E-state index in [9.17, 15) is 4.79 Å². The maximum absolute atomic E-state index is 12.4. The van der Waals surface area contributed by atoms with Gasteiger partial charge in [0.2, 0.25) is 0 Å². The topological polar surface area (TPSA) is 55.6 Å². The Hall–Kier alpha value is -2.15. The van der Waals surface area contributed by atoms with Crippen LogP contribution < -0.4 is 10.0 Å². The van der Waals surface area contributed by atoms with E-state index < -0.39 is 16.2 Å². The van der Waals surface area contributed by atoms with Crippen molar-refractivity contribution in [2.24, 2.45) is 5.84 Å². The standard InChI is InChI=1S/C20H22N2O2S2/c1-14-18(23)22(21)19(25)26(14,17-8-6-5-7-9-17)24-16-12-10-15(11-13-16)20(2,3)4/h5-13H,1,21H2,2-4H3. The predicted octanol–water partition coefficient (Wildman–Crippen LogP) is 4.66. The Bertz CT molecular complexity index is 873. The lowest BCUT2D eigenvalue weighted by Gasteiger charge is -2.35. The number of thiocarbonyl (C=S) groups is 1. The van der Waals surface area contributed by atoms with Crippen molar-refractivity contribution in [3.8, 4) is 5.75 Å². The number of nitrogens with zero attached hydrogens (tertiary/aromatic N) is 1. The van der Waals surface area contributed by atoms with E-state index in [1.807, 2.05) is 54.6 Å². The molecule has 1 fully saturated rings. The van der Waals surface area contributed by atoms with Crippen molar-refractivity contribution in [2.45, 2.75) is 31.1 Å². The maximum atomic E-state index is 12.4. The summed E-state index contributed by atoms with van der Waals surface area (Å²) >= 11 is 5.53. The van der Waals surface area contributed by atoms with Crippen LogP contribution in [0.25, 0.3) is 0 Å². The van der Waals surface area contributed by atoms with Gasteiger partial charge in [-0.25, -0.2) is 10.9 Å². The van der Waals surface area contributed by atoms with Gasteiger partial charge in [-0.1, -0.05) is 57.7 Å². The Labute approximate surface area is 161 Å². The molecule has 0 aliphatic carbocycles. The minimum absolute atomic E-state index is 0.0405. The van der Waals surface area contributed by atoms with Gasteiger partial charge in [-0.15, -0.1) is 0 Å². The normalized spacial score (nSPS) is 23.1. The Balaban J connectivity index is 2.08. The van der Waals surface area contributed by atoms with E-state index in [1.54, 1.807) is 0 Å². The molecule has 2 N–H and O–H groups in total. The number of benzene rings is 2. The summed E-state index contributed by atoms with van der Waals surface area (Å²) < 4.78 is 6.64. The fourth-order valence-electron chi connectivity index (χ4n) is 2.73. The largest absolute Gasteiger partial charge is 0.434 e. The highest BCUT2D eigenvalue weighted by atomic mass is 32.3.